The number of benzene rings is 1. The second-order valence-corrected chi connectivity index (χ2v) is 4.32. The Bertz CT molecular complexity index is 491. The molecule has 0 aliphatic carbocycles. The first kappa shape index (κ1) is 11.8. The summed E-state index contributed by atoms with van der Waals surface area (Å²) in [6.07, 6.45) is 1.66. The second kappa shape index (κ2) is 5.10. The summed E-state index contributed by atoms with van der Waals surface area (Å²) in [6.45, 7) is 3.93. The van der Waals surface area contributed by atoms with Crippen LogP contribution in [0.4, 0.5) is 0 Å². The van der Waals surface area contributed by atoms with E-state index in [4.69, 9.17) is 10.3 Å². The van der Waals surface area contributed by atoms with Crippen LogP contribution in [-0.2, 0) is 12.8 Å². The molecule has 2 N–H and O–H groups in total. The molecule has 0 aliphatic rings. The van der Waals surface area contributed by atoms with E-state index >= 15 is 0 Å². The van der Waals surface area contributed by atoms with E-state index < -0.39 is 0 Å². The molecule has 1 aromatic carbocycles. The van der Waals surface area contributed by atoms with Crippen molar-refractivity contribution < 1.29 is 4.52 Å². The Morgan fingerprint density at radius 3 is 2.82 bits per heavy atom. The summed E-state index contributed by atoms with van der Waals surface area (Å²) in [5.74, 6) is 1.23. The third-order valence-electron chi connectivity index (χ3n) is 2.60. The van der Waals surface area contributed by atoms with Gasteiger partial charge in [0.15, 0.2) is 5.82 Å². The van der Waals surface area contributed by atoms with Gasteiger partial charge in [-0.2, -0.15) is 4.98 Å². The Balaban J connectivity index is 1.97. The molecular weight excluding hydrogens is 214 g/mol. The molecule has 1 atom stereocenters. The molecule has 4 nitrogen and oxygen atoms in total. The van der Waals surface area contributed by atoms with Gasteiger partial charge in [-0.15, -0.1) is 0 Å². The third-order valence-corrected chi connectivity index (χ3v) is 2.60. The minimum Gasteiger partial charge on any atom is -0.339 e. The smallest absolute Gasteiger partial charge is 0.227 e. The molecule has 2 aromatic rings. The molecule has 0 saturated carbocycles. The highest BCUT2D eigenvalue weighted by molar-refractivity contribution is 5.22. The van der Waals surface area contributed by atoms with Gasteiger partial charge in [-0.3, -0.25) is 0 Å². The van der Waals surface area contributed by atoms with E-state index in [-0.39, 0.29) is 6.04 Å². The van der Waals surface area contributed by atoms with Crippen molar-refractivity contribution in [1.82, 2.24) is 10.1 Å². The molecule has 4 heteroatoms. The first-order valence-electron chi connectivity index (χ1n) is 5.79. The number of rotatable bonds is 4. The van der Waals surface area contributed by atoms with Crippen molar-refractivity contribution in [2.45, 2.75) is 32.7 Å². The van der Waals surface area contributed by atoms with E-state index in [0.717, 1.165) is 12.8 Å². The predicted molar refractivity (Wildman–Crippen MR) is 65.5 cm³/mol. The van der Waals surface area contributed by atoms with Crippen molar-refractivity contribution in [3.05, 3.63) is 47.1 Å². The normalized spacial score (nSPS) is 12.6. The van der Waals surface area contributed by atoms with Crippen molar-refractivity contribution in [1.29, 1.82) is 0 Å². The summed E-state index contributed by atoms with van der Waals surface area (Å²) in [5.41, 5.74) is 8.22. The lowest BCUT2D eigenvalue weighted by Crippen LogP contribution is -2.06. The van der Waals surface area contributed by atoms with Crippen molar-refractivity contribution in [3.8, 4) is 0 Å². The SMILES string of the molecule is Cc1cccc(CCc2nc(C(C)N)no2)c1. The Morgan fingerprint density at radius 1 is 1.35 bits per heavy atom. The minimum atomic E-state index is -0.175. The van der Waals surface area contributed by atoms with Crippen LogP contribution in [0.3, 0.4) is 0 Å². The molecule has 0 bridgehead atoms. The van der Waals surface area contributed by atoms with Crippen LogP contribution in [0.25, 0.3) is 0 Å². The zero-order chi connectivity index (χ0) is 12.3. The van der Waals surface area contributed by atoms with Gasteiger partial charge in [-0.05, 0) is 25.8 Å². The van der Waals surface area contributed by atoms with Crippen LogP contribution in [0.5, 0.6) is 0 Å². The maximum atomic E-state index is 5.67. The number of nitrogens with zero attached hydrogens (tertiary/aromatic N) is 2. The average Bonchev–Trinajstić information content (AvgIpc) is 2.75. The number of aromatic nitrogens is 2. The highest BCUT2D eigenvalue weighted by Gasteiger charge is 2.09. The van der Waals surface area contributed by atoms with E-state index in [1.807, 2.05) is 6.92 Å². The fraction of sp³-hybridized carbons (Fsp3) is 0.385. The van der Waals surface area contributed by atoms with Crippen molar-refractivity contribution >= 4 is 0 Å². The summed E-state index contributed by atoms with van der Waals surface area (Å²) >= 11 is 0. The van der Waals surface area contributed by atoms with Crippen LogP contribution < -0.4 is 5.73 Å². The van der Waals surface area contributed by atoms with Crippen LogP contribution in [0, 0.1) is 6.92 Å². The van der Waals surface area contributed by atoms with Gasteiger partial charge in [0.2, 0.25) is 5.89 Å². The first-order chi connectivity index (χ1) is 8.15. The standard InChI is InChI=1S/C13H17N3O/c1-9-4-3-5-11(8-9)6-7-12-15-13(10(2)14)16-17-12/h3-5,8,10H,6-7,14H2,1-2H3. The maximum Gasteiger partial charge on any atom is 0.227 e. The number of nitrogens with two attached hydrogens (primary N) is 1. The summed E-state index contributed by atoms with van der Waals surface area (Å²) < 4.78 is 5.14. The lowest BCUT2D eigenvalue weighted by Gasteiger charge is -1.99. The quantitative estimate of drug-likeness (QED) is 0.876. The van der Waals surface area contributed by atoms with Crippen LogP contribution in [0.1, 0.15) is 35.8 Å². The molecule has 0 aliphatic heterocycles. The molecule has 17 heavy (non-hydrogen) atoms. The van der Waals surface area contributed by atoms with Crippen LogP contribution in [0.2, 0.25) is 0 Å². The van der Waals surface area contributed by atoms with E-state index in [2.05, 4.69) is 41.3 Å². The van der Waals surface area contributed by atoms with Crippen LogP contribution >= 0.6 is 0 Å². The van der Waals surface area contributed by atoms with E-state index in [0.29, 0.717) is 11.7 Å². The van der Waals surface area contributed by atoms with E-state index in [1.165, 1.54) is 11.1 Å². The second-order valence-electron chi connectivity index (χ2n) is 4.32. The van der Waals surface area contributed by atoms with Gasteiger partial charge in [-0.25, -0.2) is 0 Å². The molecule has 1 aromatic heterocycles. The average molecular weight is 231 g/mol. The van der Waals surface area contributed by atoms with E-state index in [9.17, 15) is 0 Å². The van der Waals surface area contributed by atoms with Crippen molar-refractivity contribution in [3.63, 3.8) is 0 Å². The Morgan fingerprint density at radius 2 is 2.18 bits per heavy atom. The molecule has 0 saturated heterocycles. The highest BCUT2D eigenvalue weighted by Crippen LogP contribution is 2.10. The molecular formula is C13H17N3O. The van der Waals surface area contributed by atoms with Gasteiger partial charge in [0.05, 0.1) is 6.04 Å². The number of aryl methyl sites for hydroxylation is 3. The molecule has 0 radical (unpaired) electrons. The number of hydrogen-bond donors (Lipinski definition) is 1. The van der Waals surface area contributed by atoms with Gasteiger partial charge in [0.25, 0.3) is 0 Å². The molecule has 1 unspecified atom stereocenters. The van der Waals surface area contributed by atoms with Crippen LogP contribution in [0.15, 0.2) is 28.8 Å². The fourth-order valence-electron chi connectivity index (χ4n) is 1.67. The van der Waals surface area contributed by atoms with Gasteiger partial charge in [0.1, 0.15) is 0 Å². The summed E-state index contributed by atoms with van der Waals surface area (Å²) in [7, 11) is 0. The van der Waals surface area contributed by atoms with Crippen molar-refractivity contribution in [2.75, 3.05) is 0 Å². The molecule has 0 spiro atoms. The lowest BCUT2D eigenvalue weighted by molar-refractivity contribution is 0.370. The molecule has 2 rings (SSSR count). The number of hydrogen-bond acceptors (Lipinski definition) is 4. The molecule has 90 valence electrons. The Labute approximate surface area is 101 Å². The lowest BCUT2D eigenvalue weighted by atomic mass is 10.1. The van der Waals surface area contributed by atoms with Gasteiger partial charge >= 0.3 is 0 Å². The summed E-state index contributed by atoms with van der Waals surface area (Å²) in [4.78, 5) is 4.24. The minimum absolute atomic E-state index is 0.175. The predicted octanol–water partition coefficient (Wildman–Crippen LogP) is 2.18. The molecule has 1 heterocycles. The topological polar surface area (TPSA) is 64.9 Å². The Kier molecular flexibility index (Phi) is 3.54. The third kappa shape index (κ3) is 3.14. The largest absolute Gasteiger partial charge is 0.339 e. The van der Waals surface area contributed by atoms with Gasteiger partial charge in [0, 0.05) is 6.42 Å². The zero-order valence-electron chi connectivity index (χ0n) is 10.2. The van der Waals surface area contributed by atoms with Gasteiger partial charge in [-0.1, -0.05) is 35.0 Å². The van der Waals surface area contributed by atoms with Crippen molar-refractivity contribution in [2.24, 2.45) is 5.73 Å². The van der Waals surface area contributed by atoms with Gasteiger partial charge < -0.3 is 10.3 Å². The molecule has 0 fully saturated rings. The fourth-order valence-corrected chi connectivity index (χ4v) is 1.67. The monoisotopic (exact) mass is 231 g/mol. The highest BCUT2D eigenvalue weighted by atomic mass is 16.5. The van der Waals surface area contributed by atoms with E-state index in [1.54, 1.807) is 0 Å². The summed E-state index contributed by atoms with van der Waals surface area (Å²) in [5, 5.41) is 3.83. The summed E-state index contributed by atoms with van der Waals surface area (Å²) in [6, 6.07) is 8.25. The van der Waals surface area contributed by atoms with Crippen LogP contribution in [-0.4, -0.2) is 10.1 Å². The Hall–Kier alpha value is -1.68. The zero-order valence-corrected chi connectivity index (χ0v) is 10.2. The molecule has 0 amide bonds. The first-order valence-corrected chi connectivity index (χ1v) is 5.79. The maximum absolute atomic E-state index is 5.67.